The fraction of sp³-hybridized carbons (Fsp3) is 0.960. The number of nitrogens with two attached hydrogens (primary N) is 1. The van der Waals surface area contributed by atoms with Gasteiger partial charge in [-0.3, -0.25) is 4.79 Å². The molecule has 3 heterocycles. The molecule has 15 atom stereocenters. The number of ether oxygens (including phenoxy) is 6. The van der Waals surface area contributed by atoms with Crippen molar-refractivity contribution in [2.24, 2.45) is 5.73 Å². The molecule has 246 valence electrons. The Hall–Kier alpha value is -1.13. The third kappa shape index (κ3) is 8.32. The zero-order chi connectivity index (χ0) is 31.1. The van der Waals surface area contributed by atoms with Crippen LogP contribution in [0.3, 0.4) is 0 Å². The third-order valence-corrected chi connectivity index (χ3v) is 7.57. The van der Waals surface area contributed by atoms with Crippen molar-refractivity contribution < 1.29 is 74.1 Å². The first-order valence-electron chi connectivity index (χ1n) is 14.1. The summed E-state index contributed by atoms with van der Waals surface area (Å²) in [7, 11) is 0. The lowest BCUT2D eigenvalue weighted by Crippen LogP contribution is -2.69. The second-order valence-corrected chi connectivity index (χ2v) is 10.8. The van der Waals surface area contributed by atoms with Gasteiger partial charge in [0, 0.05) is 13.5 Å². The van der Waals surface area contributed by atoms with Gasteiger partial charge in [-0.1, -0.05) is 0 Å². The Labute approximate surface area is 243 Å². The maximum Gasteiger partial charge on any atom is 0.217 e. The van der Waals surface area contributed by atoms with Crippen LogP contribution in [-0.2, 0) is 33.2 Å². The summed E-state index contributed by atoms with van der Waals surface area (Å²) in [5.41, 5.74) is 5.54. The largest absolute Gasteiger partial charge is 0.394 e. The summed E-state index contributed by atoms with van der Waals surface area (Å²) in [5.74, 6) is -0.551. The Morgan fingerprint density at radius 1 is 0.738 bits per heavy atom. The summed E-state index contributed by atoms with van der Waals surface area (Å²) in [6.45, 7) is 1.89. The number of aliphatic hydroxyl groups excluding tert-OH is 8. The smallest absolute Gasteiger partial charge is 0.217 e. The van der Waals surface area contributed by atoms with E-state index in [-0.39, 0.29) is 6.61 Å². The molecule has 42 heavy (non-hydrogen) atoms. The van der Waals surface area contributed by atoms with Crippen molar-refractivity contribution in [3.05, 3.63) is 0 Å². The number of carbonyl (C=O) groups excluding carboxylic acids is 1. The lowest BCUT2D eigenvalue weighted by atomic mass is 9.94. The highest BCUT2D eigenvalue weighted by Gasteiger charge is 2.54. The summed E-state index contributed by atoms with van der Waals surface area (Å²) in [6.07, 6.45) is -18.9. The first kappa shape index (κ1) is 35.4. The van der Waals surface area contributed by atoms with Crippen molar-refractivity contribution in [1.82, 2.24) is 5.32 Å². The van der Waals surface area contributed by atoms with Crippen LogP contribution >= 0.6 is 0 Å². The molecule has 3 aliphatic heterocycles. The molecule has 0 bridgehead atoms. The van der Waals surface area contributed by atoms with Gasteiger partial charge in [-0.2, -0.15) is 0 Å². The van der Waals surface area contributed by atoms with Crippen molar-refractivity contribution in [2.45, 2.75) is 125 Å². The predicted molar refractivity (Wildman–Crippen MR) is 138 cm³/mol. The molecule has 0 aromatic heterocycles. The van der Waals surface area contributed by atoms with Crippen molar-refractivity contribution in [3.8, 4) is 0 Å². The minimum atomic E-state index is -1.83. The molecule has 3 saturated heterocycles. The fourth-order valence-electron chi connectivity index (χ4n) is 5.15. The number of aliphatic hydroxyl groups is 8. The van der Waals surface area contributed by atoms with Gasteiger partial charge < -0.3 is 80.3 Å². The van der Waals surface area contributed by atoms with E-state index in [1.807, 2.05) is 0 Å². The topological polar surface area (TPSA) is 272 Å². The molecule has 3 fully saturated rings. The van der Waals surface area contributed by atoms with Crippen LogP contribution < -0.4 is 11.1 Å². The number of amides is 1. The van der Waals surface area contributed by atoms with Crippen LogP contribution in [0.5, 0.6) is 0 Å². The van der Waals surface area contributed by atoms with Crippen molar-refractivity contribution in [3.63, 3.8) is 0 Å². The van der Waals surface area contributed by atoms with Gasteiger partial charge in [0.15, 0.2) is 18.9 Å². The normalized spacial score (nSPS) is 44.6. The van der Waals surface area contributed by atoms with E-state index in [1.165, 1.54) is 13.8 Å². The quantitative estimate of drug-likeness (QED) is 0.0868. The summed E-state index contributed by atoms with van der Waals surface area (Å²) in [6, 6.07) is -1.20. The lowest BCUT2D eigenvalue weighted by molar-refractivity contribution is -0.373. The first-order valence-corrected chi connectivity index (χ1v) is 14.1. The Bertz CT molecular complexity index is 827. The molecule has 0 aromatic carbocycles. The standard InChI is InChI=1S/C25H46N2O15/c1-10-15(31)17(33)19(35)24(38-10)41-21-13(9-29)40-23(37-7-5-3-4-6-26)14(27-11(2)30)22(21)42-25-20(36)18(34)16(32)12(8-28)39-25/h10,12-25,28-29,31-36H,3-9,26H2,1-2H3,(H,27,30)/t10-,12+,13+,14+,15-,16+,17+,18-,19+,20+,21-,22+,23+,24-,25-/m0/s1. The Balaban J connectivity index is 1.95. The molecule has 3 aliphatic rings. The van der Waals surface area contributed by atoms with E-state index in [0.29, 0.717) is 13.0 Å². The van der Waals surface area contributed by atoms with E-state index in [4.69, 9.17) is 34.2 Å². The monoisotopic (exact) mass is 614 g/mol. The maximum absolute atomic E-state index is 12.3. The minimum absolute atomic E-state index is 0.170. The molecule has 0 radical (unpaired) electrons. The molecular formula is C25H46N2O15. The summed E-state index contributed by atoms with van der Waals surface area (Å²) in [5, 5.41) is 84.7. The average Bonchev–Trinajstić information content (AvgIpc) is 2.96. The minimum Gasteiger partial charge on any atom is -0.394 e. The van der Waals surface area contributed by atoms with E-state index in [9.17, 15) is 45.6 Å². The van der Waals surface area contributed by atoms with E-state index >= 15 is 0 Å². The molecule has 0 unspecified atom stereocenters. The van der Waals surface area contributed by atoms with Gasteiger partial charge in [0.05, 0.1) is 19.3 Å². The molecule has 0 saturated carbocycles. The number of nitrogens with one attached hydrogen (secondary N) is 1. The van der Waals surface area contributed by atoms with Crippen LogP contribution in [0.2, 0.25) is 0 Å². The summed E-state index contributed by atoms with van der Waals surface area (Å²) in [4.78, 5) is 12.3. The van der Waals surface area contributed by atoms with Crippen LogP contribution in [0.25, 0.3) is 0 Å². The van der Waals surface area contributed by atoms with Gasteiger partial charge in [-0.25, -0.2) is 0 Å². The van der Waals surface area contributed by atoms with Gasteiger partial charge in [-0.15, -0.1) is 0 Å². The van der Waals surface area contributed by atoms with Crippen LogP contribution in [0.15, 0.2) is 0 Å². The van der Waals surface area contributed by atoms with Crippen molar-refractivity contribution >= 4 is 5.91 Å². The Kier molecular flexibility index (Phi) is 13.7. The number of rotatable bonds is 13. The second kappa shape index (κ2) is 16.3. The molecular weight excluding hydrogens is 568 g/mol. The molecule has 1 amide bonds. The van der Waals surface area contributed by atoms with E-state index < -0.39 is 111 Å². The number of hydrogen-bond acceptors (Lipinski definition) is 16. The highest BCUT2D eigenvalue weighted by atomic mass is 16.8. The first-order chi connectivity index (χ1) is 19.9. The summed E-state index contributed by atoms with van der Waals surface area (Å²) >= 11 is 0. The average molecular weight is 615 g/mol. The van der Waals surface area contributed by atoms with Crippen LogP contribution in [0.4, 0.5) is 0 Å². The lowest BCUT2D eigenvalue weighted by Gasteiger charge is -2.50. The number of hydrogen-bond donors (Lipinski definition) is 10. The highest BCUT2D eigenvalue weighted by molar-refractivity contribution is 5.73. The molecule has 0 aliphatic carbocycles. The van der Waals surface area contributed by atoms with E-state index in [2.05, 4.69) is 5.32 Å². The third-order valence-electron chi connectivity index (χ3n) is 7.57. The SMILES string of the molecule is CC(=O)N[C@H]1[C@H](OCCCCCN)O[C@H](CO)[C@H](O[C@@H]2O[C@@H](C)[C@H](O)[C@@H](O)[C@H]2O)[C@@H]1O[C@@H]1O[C@H](CO)[C@@H](O)[C@H](O)[C@H]1O. The van der Waals surface area contributed by atoms with Crippen LogP contribution in [0.1, 0.15) is 33.1 Å². The Morgan fingerprint density at radius 2 is 1.31 bits per heavy atom. The molecule has 0 aromatic rings. The van der Waals surface area contributed by atoms with Crippen molar-refractivity contribution in [2.75, 3.05) is 26.4 Å². The molecule has 0 spiro atoms. The molecule has 11 N–H and O–H groups in total. The second-order valence-electron chi connectivity index (χ2n) is 10.8. The van der Waals surface area contributed by atoms with E-state index in [0.717, 1.165) is 12.8 Å². The van der Waals surface area contributed by atoms with Gasteiger partial charge in [-0.05, 0) is 32.7 Å². The van der Waals surface area contributed by atoms with Gasteiger partial charge in [0.1, 0.15) is 67.1 Å². The van der Waals surface area contributed by atoms with Crippen LogP contribution in [0, 0.1) is 0 Å². The maximum atomic E-state index is 12.3. The number of unbranched alkanes of at least 4 members (excludes halogenated alkanes) is 2. The van der Waals surface area contributed by atoms with Crippen LogP contribution in [-0.4, -0.2) is 165 Å². The molecule has 17 nitrogen and oxygen atoms in total. The van der Waals surface area contributed by atoms with Crippen molar-refractivity contribution in [1.29, 1.82) is 0 Å². The predicted octanol–water partition coefficient (Wildman–Crippen LogP) is -5.25. The molecule has 3 rings (SSSR count). The Morgan fingerprint density at radius 3 is 1.90 bits per heavy atom. The highest BCUT2D eigenvalue weighted by Crippen LogP contribution is 2.33. The number of carbonyl (C=O) groups is 1. The zero-order valence-corrected chi connectivity index (χ0v) is 23.6. The summed E-state index contributed by atoms with van der Waals surface area (Å²) < 4.78 is 34.9. The van der Waals surface area contributed by atoms with Gasteiger partial charge in [0.25, 0.3) is 0 Å². The zero-order valence-electron chi connectivity index (χ0n) is 23.6. The van der Waals surface area contributed by atoms with Gasteiger partial charge in [0.2, 0.25) is 5.91 Å². The van der Waals surface area contributed by atoms with Gasteiger partial charge >= 0.3 is 0 Å². The fourth-order valence-corrected chi connectivity index (χ4v) is 5.15. The van der Waals surface area contributed by atoms with E-state index in [1.54, 1.807) is 0 Å². The molecule has 17 heteroatoms.